The second-order valence-electron chi connectivity index (χ2n) is 5.92. The van der Waals surface area contributed by atoms with Crippen molar-refractivity contribution in [2.75, 3.05) is 6.61 Å². The van der Waals surface area contributed by atoms with Gasteiger partial charge in [0, 0.05) is 5.56 Å². The molecule has 0 aliphatic carbocycles. The molecule has 0 saturated heterocycles. The average molecular weight is 293 g/mol. The molecular weight excluding hydrogens is 274 g/mol. The Balaban J connectivity index is 2.24. The number of benzene rings is 1. The lowest BCUT2D eigenvalue weighted by Gasteiger charge is -2.32. The average Bonchev–Trinajstić information content (AvgIpc) is 2.36. The number of carboxylic acids is 1. The fourth-order valence-corrected chi connectivity index (χ4v) is 2.19. The maximum absolute atomic E-state index is 11.9. The first-order valence-electron chi connectivity index (χ1n) is 6.72. The van der Waals surface area contributed by atoms with Crippen molar-refractivity contribution < 1.29 is 24.2 Å². The topological polar surface area (TPSA) is 84.9 Å². The minimum absolute atomic E-state index is 0.00676. The molecule has 0 aromatic heterocycles. The van der Waals surface area contributed by atoms with Crippen molar-refractivity contribution in [3.05, 3.63) is 29.8 Å². The number of ether oxygens (including phenoxy) is 2. The molecule has 114 valence electrons. The molecule has 21 heavy (non-hydrogen) atoms. The third kappa shape index (κ3) is 3.65. The van der Waals surface area contributed by atoms with Crippen molar-refractivity contribution in [1.82, 2.24) is 5.32 Å². The van der Waals surface area contributed by atoms with Gasteiger partial charge >= 0.3 is 12.1 Å². The summed E-state index contributed by atoms with van der Waals surface area (Å²) < 4.78 is 10.6. The fraction of sp³-hybridized carbons (Fsp3) is 0.467. The summed E-state index contributed by atoms with van der Waals surface area (Å²) in [7, 11) is 0. The summed E-state index contributed by atoms with van der Waals surface area (Å²) in [6.45, 7) is 5.25. The Morgan fingerprint density at radius 2 is 2.00 bits per heavy atom. The monoisotopic (exact) mass is 293 g/mol. The number of amides is 1. The van der Waals surface area contributed by atoms with Gasteiger partial charge in [0.05, 0.1) is 6.04 Å². The molecule has 6 heteroatoms. The number of nitrogens with one attached hydrogen (secondary N) is 1. The molecule has 2 atom stereocenters. The number of hydrogen-bond donors (Lipinski definition) is 2. The van der Waals surface area contributed by atoms with Gasteiger partial charge in [-0.05, 0) is 26.8 Å². The van der Waals surface area contributed by atoms with Crippen molar-refractivity contribution in [3.8, 4) is 5.75 Å². The highest BCUT2D eigenvalue weighted by Gasteiger charge is 2.37. The third-order valence-electron chi connectivity index (χ3n) is 3.06. The quantitative estimate of drug-likeness (QED) is 0.874. The van der Waals surface area contributed by atoms with Crippen molar-refractivity contribution in [3.63, 3.8) is 0 Å². The van der Waals surface area contributed by atoms with E-state index in [-0.39, 0.29) is 6.61 Å². The first kappa shape index (κ1) is 15.2. The molecule has 1 heterocycles. The van der Waals surface area contributed by atoms with E-state index in [9.17, 15) is 14.7 Å². The normalized spacial score (nSPS) is 20.9. The van der Waals surface area contributed by atoms with E-state index in [0.717, 1.165) is 0 Å². The van der Waals surface area contributed by atoms with Crippen LogP contribution in [0.1, 0.15) is 32.4 Å². The van der Waals surface area contributed by atoms with Gasteiger partial charge in [-0.25, -0.2) is 4.79 Å². The van der Waals surface area contributed by atoms with E-state index >= 15 is 0 Å². The van der Waals surface area contributed by atoms with E-state index in [1.54, 1.807) is 45.0 Å². The second-order valence-corrected chi connectivity index (χ2v) is 5.92. The van der Waals surface area contributed by atoms with Crippen LogP contribution in [0, 0.1) is 5.92 Å². The number of carboxylic acid groups (broad SMARTS) is 1. The second kappa shape index (κ2) is 5.63. The maximum atomic E-state index is 11.9. The van der Waals surface area contributed by atoms with E-state index in [4.69, 9.17) is 9.47 Å². The molecule has 1 aromatic rings. The molecule has 0 fully saturated rings. The molecule has 1 amide bonds. The molecule has 1 aromatic carbocycles. The first-order valence-corrected chi connectivity index (χ1v) is 6.72. The summed E-state index contributed by atoms with van der Waals surface area (Å²) >= 11 is 0. The van der Waals surface area contributed by atoms with Crippen LogP contribution in [0.4, 0.5) is 4.79 Å². The number of rotatable bonds is 2. The number of hydrogen-bond acceptors (Lipinski definition) is 4. The number of aliphatic carboxylic acids is 1. The largest absolute Gasteiger partial charge is 0.492 e. The van der Waals surface area contributed by atoms with Gasteiger partial charge in [-0.2, -0.15) is 0 Å². The molecule has 0 saturated carbocycles. The zero-order valence-corrected chi connectivity index (χ0v) is 12.3. The minimum atomic E-state index is -1.02. The Labute approximate surface area is 123 Å². The van der Waals surface area contributed by atoms with Crippen LogP contribution in [0.5, 0.6) is 5.75 Å². The van der Waals surface area contributed by atoms with Crippen LogP contribution in [0.25, 0.3) is 0 Å². The van der Waals surface area contributed by atoms with Gasteiger partial charge in [-0.15, -0.1) is 0 Å². The Morgan fingerprint density at radius 3 is 2.62 bits per heavy atom. The van der Waals surface area contributed by atoms with Gasteiger partial charge in [0.2, 0.25) is 0 Å². The highest BCUT2D eigenvalue weighted by molar-refractivity contribution is 5.75. The summed E-state index contributed by atoms with van der Waals surface area (Å²) in [6, 6.07) is 6.38. The molecule has 2 rings (SSSR count). The summed E-state index contributed by atoms with van der Waals surface area (Å²) in [5.74, 6) is -1.30. The molecule has 0 spiro atoms. The Morgan fingerprint density at radius 1 is 1.33 bits per heavy atom. The first-order chi connectivity index (χ1) is 9.78. The van der Waals surface area contributed by atoms with E-state index in [1.165, 1.54) is 0 Å². The zero-order chi connectivity index (χ0) is 15.6. The summed E-state index contributed by atoms with van der Waals surface area (Å²) in [4.78, 5) is 23.3. The van der Waals surface area contributed by atoms with Crippen LogP contribution in [0.3, 0.4) is 0 Å². The van der Waals surface area contributed by atoms with Gasteiger partial charge in [0.1, 0.15) is 23.9 Å². The van der Waals surface area contributed by atoms with Crippen LogP contribution < -0.4 is 10.1 Å². The van der Waals surface area contributed by atoms with E-state index in [1.807, 2.05) is 0 Å². The molecule has 1 aliphatic rings. The van der Waals surface area contributed by atoms with Crippen molar-refractivity contribution in [2.24, 2.45) is 5.92 Å². The van der Waals surface area contributed by atoms with Crippen LogP contribution in [-0.2, 0) is 9.53 Å². The lowest BCUT2D eigenvalue weighted by molar-refractivity contribution is -0.144. The van der Waals surface area contributed by atoms with E-state index in [2.05, 4.69) is 5.32 Å². The van der Waals surface area contributed by atoms with Crippen LogP contribution in [-0.4, -0.2) is 29.4 Å². The maximum Gasteiger partial charge on any atom is 0.408 e. The fourth-order valence-electron chi connectivity index (χ4n) is 2.19. The zero-order valence-electron chi connectivity index (χ0n) is 12.3. The van der Waals surface area contributed by atoms with Crippen molar-refractivity contribution in [1.29, 1.82) is 0 Å². The molecule has 0 bridgehead atoms. The van der Waals surface area contributed by atoms with Gasteiger partial charge in [-0.1, -0.05) is 18.2 Å². The predicted octanol–water partition coefficient (Wildman–Crippen LogP) is 2.35. The minimum Gasteiger partial charge on any atom is -0.492 e. The highest BCUT2D eigenvalue weighted by atomic mass is 16.6. The van der Waals surface area contributed by atoms with Gasteiger partial charge in [-0.3, -0.25) is 4.79 Å². The summed E-state index contributed by atoms with van der Waals surface area (Å²) in [6.07, 6.45) is -0.643. The molecule has 0 radical (unpaired) electrons. The van der Waals surface area contributed by atoms with E-state index < -0.39 is 29.6 Å². The van der Waals surface area contributed by atoms with E-state index in [0.29, 0.717) is 11.3 Å². The molecular formula is C15H19NO5. The third-order valence-corrected chi connectivity index (χ3v) is 3.06. The smallest absolute Gasteiger partial charge is 0.408 e. The molecule has 6 nitrogen and oxygen atoms in total. The number of para-hydroxylation sites is 1. The number of carbonyl (C=O) groups excluding carboxylic acids is 1. The Kier molecular flexibility index (Phi) is 4.06. The van der Waals surface area contributed by atoms with Gasteiger partial charge < -0.3 is 19.9 Å². The lowest BCUT2D eigenvalue weighted by atomic mass is 9.91. The Bertz CT molecular complexity index is 549. The van der Waals surface area contributed by atoms with Crippen LogP contribution >= 0.6 is 0 Å². The van der Waals surface area contributed by atoms with Gasteiger partial charge in [0.15, 0.2) is 0 Å². The Hall–Kier alpha value is -2.24. The highest BCUT2D eigenvalue weighted by Crippen LogP contribution is 2.35. The van der Waals surface area contributed by atoms with Crippen LogP contribution in [0.15, 0.2) is 24.3 Å². The summed E-state index contributed by atoms with van der Waals surface area (Å²) in [5, 5.41) is 11.9. The number of fused-ring (bicyclic) bond motifs is 1. The summed E-state index contributed by atoms with van der Waals surface area (Å²) in [5.41, 5.74) is -0.00460. The number of carbonyl (C=O) groups is 2. The SMILES string of the molecule is CC(C)(C)OC(=O)N[C@H]1c2ccccc2OC[C@H]1C(=O)O. The number of alkyl carbamates (subject to hydrolysis) is 1. The van der Waals surface area contributed by atoms with Gasteiger partial charge in [0.25, 0.3) is 0 Å². The van der Waals surface area contributed by atoms with Crippen LogP contribution in [0.2, 0.25) is 0 Å². The lowest BCUT2D eigenvalue weighted by Crippen LogP contribution is -2.43. The molecule has 1 aliphatic heterocycles. The van der Waals surface area contributed by atoms with Crippen molar-refractivity contribution in [2.45, 2.75) is 32.4 Å². The molecule has 0 unspecified atom stereocenters. The van der Waals surface area contributed by atoms with Crippen molar-refractivity contribution >= 4 is 12.1 Å². The predicted molar refractivity (Wildman–Crippen MR) is 75.2 cm³/mol. The molecule has 2 N–H and O–H groups in total. The standard InChI is InChI=1S/C15H19NO5/c1-15(2,3)21-14(19)16-12-9-6-4-5-7-11(9)20-8-10(12)13(17)18/h4-7,10,12H,8H2,1-3H3,(H,16,19)(H,17,18)/t10-,12+/m1/s1.